The Morgan fingerprint density at radius 2 is 1.93 bits per heavy atom. The molecule has 0 atom stereocenters. The maximum Gasteiger partial charge on any atom is 0.338 e. The molecular weight excluding hydrogens is 404 g/mol. The third-order valence-electron chi connectivity index (χ3n) is 4.45. The lowest BCUT2D eigenvalue weighted by atomic mass is 10.1. The fourth-order valence-corrected chi connectivity index (χ4v) is 3.70. The van der Waals surface area contributed by atoms with Crippen LogP contribution in [0.2, 0.25) is 0 Å². The molecule has 4 rings (SSSR count). The third-order valence-corrected chi connectivity index (χ3v) is 5.34. The van der Waals surface area contributed by atoms with Crippen molar-refractivity contribution < 1.29 is 14.1 Å². The molecule has 8 nitrogen and oxygen atoms in total. The number of pyridine rings is 1. The number of esters is 1. The number of aromatic nitrogens is 4. The summed E-state index contributed by atoms with van der Waals surface area (Å²) in [5, 5.41) is 4.58. The first-order valence-electron chi connectivity index (χ1n) is 9.10. The zero-order chi connectivity index (χ0) is 21.3. The van der Waals surface area contributed by atoms with Crippen molar-refractivity contribution >= 4 is 28.8 Å². The highest BCUT2D eigenvalue weighted by molar-refractivity contribution is 7.98. The molecule has 1 aromatic carbocycles. The lowest BCUT2D eigenvalue weighted by molar-refractivity contribution is 0.0602. The Morgan fingerprint density at radius 1 is 1.17 bits per heavy atom. The lowest BCUT2D eigenvalue weighted by Crippen LogP contribution is -2.16. The predicted molar refractivity (Wildman–Crippen MR) is 112 cm³/mol. The van der Waals surface area contributed by atoms with E-state index in [-0.39, 0.29) is 16.6 Å². The molecular formula is C21H18N4O4S. The number of hydrogen-bond acceptors (Lipinski definition) is 8. The number of methoxy groups -OCH3 is 1. The highest BCUT2D eigenvalue weighted by Crippen LogP contribution is 2.25. The van der Waals surface area contributed by atoms with Gasteiger partial charge in [0.1, 0.15) is 11.5 Å². The van der Waals surface area contributed by atoms with E-state index in [9.17, 15) is 9.59 Å². The van der Waals surface area contributed by atoms with E-state index >= 15 is 0 Å². The van der Waals surface area contributed by atoms with Gasteiger partial charge in [0, 0.05) is 17.3 Å². The van der Waals surface area contributed by atoms with Gasteiger partial charge in [0.05, 0.1) is 23.8 Å². The normalized spacial score (nSPS) is 11.0. The molecule has 152 valence electrons. The van der Waals surface area contributed by atoms with Crippen molar-refractivity contribution in [3.63, 3.8) is 0 Å². The Balaban J connectivity index is 1.58. The zero-order valence-corrected chi connectivity index (χ0v) is 17.4. The molecule has 0 saturated carbocycles. The van der Waals surface area contributed by atoms with Gasteiger partial charge < -0.3 is 14.2 Å². The summed E-state index contributed by atoms with van der Waals surface area (Å²) in [6.07, 6.45) is 0. The number of aryl methyl sites for hydroxylation is 2. The number of benzene rings is 1. The summed E-state index contributed by atoms with van der Waals surface area (Å²) in [7, 11) is 1.26. The van der Waals surface area contributed by atoms with Crippen molar-refractivity contribution in [2.75, 3.05) is 7.11 Å². The van der Waals surface area contributed by atoms with Crippen LogP contribution in [0.1, 0.15) is 27.4 Å². The molecule has 0 saturated heterocycles. The molecule has 0 aliphatic rings. The van der Waals surface area contributed by atoms with Crippen LogP contribution in [0.5, 0.6) is 0 Å². The highest BCUT2D eigenvalue weighted by Gasteiger charge is 2.18. The molecule has 0 aliphatic heterocycles. The monoisotopic (exact) mass is 422 g/mol. The van der Waals surface area contributed by atoms with Crippen LogP contribution in [0, 0.1) is 13.8 Å². The van der Waals surface area contributed by atoms with E-state index in [1.807, 2.05) is 37.3 Å². The number of carbonyl (C=O) groups excluding carboxylic acids is 1. The molecule has 0 fully saturated rings. The van der Waals surface area contributed by atoms with Crippen molar-refractivity contribution in [2.45, 2.75) is 24.8 Å². The van der Waals surface area contributed by atoms with Gasteiger partial charge in [-0.3, -0.25) is 4.79 Å². The van der Waals surface area contributed by atoms with Crippen LogP contribution >= 0.6 is 11.8 Å². The molecule has 3 heterocycles. The largest absolute Gasteiger partial charge is 0.465 e. The molecule has 0 spiro atoms. The Morgan fingerprint density at radius 3 is 2.67 bits per heavy atom. The summed E-state index contributed by atoms with van der Waals surface area (Å²) in [5.41, 5.74) is 3.33. The van der Waals surface area contributed by atoms with Crippen LogP contribution in [0.4, 0.5) is 0 Å². The van der Waals surface area contributed by atoms with Gasteiger partial charge in [-0.25, -0.2) is 14.8 Å². The number of carbonyl (C=O) groups is 1. The number of ether oxygens (including phenoxy) is 1. The van der Waals surface area contributed by atoms with Crippen LogP contribution < -0.4 is 5.56 Å². The Bertz CT molecular complexity index is 1290. The van der Waals surface area contributed by atoms with Crippen molar-refractivity contribution in [3.05, 3.63) is 69.3 Å². The number of nitrogens with one attached hydrogen (secondary N) is 1. The quantitative estimate of drug-likeness (QED) is 0.295. The summed E-state index contributed by atoms with van der Waals surface area (Å²) in [5.74, 6) is 0.456. The van der Waals surface area contributed by atoms with E-state index in [1.54, 1.807) is 6.92 Å². The second-order valence-corrected chi connectivity index (χ2v) is 7.67. The van der Waals surface area contributed by atoms with Gasteiger partial charge in [-0.2, -0.15) is 0 Å². The van der Waals surface area contributed by atoms with Crippen molar-refractivity contribution in [1.29, 1.82) is 0 Å². The predicted octanol–water partition coefficient (Wildman–Crippen LogP) is 3.67. The SMILES string of the molecule is COC(=O)c1cc(C)nc2nc(SCc3cc(-c4ccc(C)cc4)no3)[nH]c(=O)c12. The van der Waals surface area contributed by atoms with E-state index < -0.39 is 11.5 Å². The number of thioether (sulfide) groups is 1. The average molecular weight is 422 g/mol. The average Bonchev–Trinajstić information content (AvgIpc) is 3.20. The first-order valence-corrected chi connectivity index (χ1v) is 10.1. The standard InChI is InChI=1S/C21H18N4O4S/c1-11-4-6-13(7-5-11)16-9-14(29-25-16)10-30-21-23-18-17(19(26)24-21)15(20(27)28-3)8-12(2)22-18/h4-9H,10H2,1-3H3,(H,22,23,24,26). The summed E-state index contributed by atoms with van der Waals surface area (Å²) >= 11 is 1.28. The number of H-pyrrole nitrogens is 1. The second-order valence-electron chi connectivity index (χ2n) is 6.71. The molecule has 30 heavy (non-hydrogen) atoms. The van der Waals surface area contributed by atoms with E-state index in [0.717, 1.165) is 11.3 Å². The first kappa shape index (κ1) is 19.8. The summed E-state index contributed by atoms with van der Waals surface area (Å²) < 4.78 is 10.2. The fourth-order valence-electron chi connectivity index (χ4n) is 2.97. The number of rotatable bonds is 5. The second kappa shape index (κ2) is 8.11. The Kier molecular flexibility index (Phi) is 5.37. The minimum atomic E-state index is -0.608. The van der Waals surface area contributed by atoms with Crippen LogP contribution in [0.15, 0.2) is 50.9 Å². The highest BCUT2D eigenvalue weighted by atomic mass is 32.2. The topological polar surface area (TPSA) is 111 Å². The smallest absolute Gasteiger partial charge is 0.338 e. The number of hydrogen-bond donors (Lipinski definition) is 1. The number of nitrogens with zero attached hydrogens (tertiary/aromatic N) is 3. The van der Waals surface area contributed by atoms with Gasteiger partial charge in [-0.15, -0.1) is 0 Å². The van der Waals surface area contributed by atoms with Crippen molar-refractivity contribution in [1.82, 2.24) is 20.1 Å². The summed E-state index contributed by atoms with van der Waals surface area (Å²) in [4.78, 5) is 36.0. The summed E-state index contributed by atoms with van der Waals surface area (Å²) in [6.45, 7) is 3.75. The van der Waals surface area contributed by atoms with E-state index in [1.165, 1.54) is 30.5 Å². The minimum Gasteiger partial charge on any atom is -0.465 e. The Hall–Kier alpha value is -3.46. The van der Waals surface area contributed by atoms with Crippen LogP contribution in [0.3, 0.4) is 0 Å². The van der Waals surface area contributed by atoms with E-state index in [0.29, 0.717) is 22.4 Å². The molecule has 9 heteroatoms. The van der Waals surface area contributed by atoms with Crippen molar-refractivity contribution in [3.8, 4) is 11.3 Å². The zero-order valence-electron chi connectivity index (χ0n) is 16.6. The first-order chi connectivity index (χ1) is 14.4. The molecule has 0 bridgehead atoms. The lowest BCUT2D eigenvalue weighted by Gasteiger charge is -2.06. The minimum absolute atomic E-state index is 0.109. The molecule has 0 radical (unpaired) electrons. The molecule has 4 aromatic rings. The van der Waals surface area contributed by atoms with Gasteiger partial charge in [0.15, 0.2) is 10.8 Å². The molecule has 3 aromatic heterocycles. The third kappa shape index (κ3) is 3.97. The molecule has 0 aliphatic carbocycles. The fraction of sp³-hybridized carbons (Fsp3) is 0.190. The summed E-state index contributed by atoms with van der Waals surface area (Å²) in [6, 6.07) is 11.4. The maximum absolute atomic E-state index is 12.6. The van der Waals surface area contributed by atoms with Gasteiger partial charge in [-0.1, -0.05) is 46.7 Å². The number of fused-ring (bicyclic) bond motifs is 1. The van der Waals surface area contributed by atoms with Gasteiger partial charge in [-0.05, 0) is 19.9 Å². The molecule has 1 N–H and O–H groups in total. The number of aromatic amines is 1. The van der Waals surface area contributed by atoms with Gasteiger partial charge >= 0.3 is 5.97 Å². The van der Waals surface area contributed by atoms with E-state index in [2.05, 4.69) is 20.1 Å². The van der Waals surface area contributed by atoms with Crippen LogP contribution in [-0.2, 0) is 10.5 Å². The van der Waals surface area contributed by atoms with Crippen LogP contribution in [-0.4, -0.2) is 33.2 Å². The van der Waals surface area contributed by atoms with Gasteiger partial charge in [0.25, 0.3) is 5.56 Å². The van der Waals surface area contributed by atoms with Gasteiger partial charge in [0.2, 0.25) is 0 Å². The van der Waals surface area contributed by atoms with Crippen molar-refractivity contribution in [2.24, 2.45) is 0 Å². The van der Waals surface area contributed by atoms with E-state index in [4.69, 9.17) is 9.26 Å². The maximum atomic E-state index is 12.6. The Labute approximate surface area is 175 Å². The molecule has 0 amide bonds. The van der Waals surface area contributed by atoms with Crippen LogP contribution in [0.25, 0.3) is 22.3 Å². The molecule has 0 unspecified atom stereocenters.